The maximum absolute atomic E-state index is 5.53. The van der Waals surface area contributed by atoms with E-state index < -0.39 is 0 Å². The summed E-state index contributed by atoms with van der Waals surface area (Å²) in [4.78, 5) is 5.40. The third kappa shape index (κ3) is 5.53. The van der Waals surface area contributed by atoms with Gasteiger partial charge in [-0.2, -0.15) is 0 Å². The first-order valence-corrected chi connectivity index (χ1v) is 12.8. The molecule has 5 atom stereocenters. The van der Waals surface area contributed by atoms with E-state index in [9.17, 15) is 0 Å². The molecule has 182 valence electrons. The minimum absolute atomic E-state index is 0.667. The van der Waals surface area contributed by atoms with Gasteiger partial charge in [-0.3, -0.25) is 9.80 Å². The molecule has 3 fully saturated rings. The zero-order valence-corrected chi connectivity index (χ0v) is 21.5. The number of ether oxygens (including phenoxy) is 3. The van der Waals surface area contributed by atoms with Crippen LogP contribution in [0.5, 0.6) is 17.2 Å². The molecule has 3 aliphatic rings. The Labute approximate surface area is 196 Å². The van der Waals surface area contributed by atoms with Crippen molar-refractivity contribution in [2.45, 2.75) is 66.0 Å². The predicted molar refractivity (Wildman–Crippen MR) is 132 cm³/mol. The number of hydrogen-bond acceptors (Lipinski definition) is 5. The number of hydrogen-bond donors (Lipinski definition) is 0. The Bertz CT molecular complexity index is 688. The van der Waals surface area contributed by atoms with Gasteiger partial charge in [0.05, 0.1) is 21.3 Å². The Kier molecular flexibility index (Phi) is 9.13. The second-order valence-electron chi connectivity index (χ2n) is 9.99. The van der Waals surface area contributed by atoms with E-state index in [0.29, 0.717) is 5.75 Å². The number of benzene rings is 1. The van der Waals surface area contributed by atoms with Gasteiger partial charge >= 0.3 is 0 Å². The summed E-state index contributed by atoms with van der Waals surface area (Å²) in [7, 11) is 5.02. The molecule has 5 heteroatoms. The SMILES string of the molecule is CC.COc1cc(CN2CCN(C3C(C)CC4CC(C)CC3C4)CC2)cc(OC)c1OC. The topological polar surface area (TPSA) is 34.2 Å². The Balaban J connectivity index is 0.00000141. The third-order valence-corrected chi connectivity index (χ3v) is 7.81. The number of piperazine rings is 1. The van der Waals surface area contributed by atoms with Crippen LogP contribution in [-0.4, -0.2) is 63.4 Å². The highest BCUT2D eigenvalue weighted by Crippen LogP contribution is 2.46. The van der Waals surface area contributed by atoms with Crippen LogP contribution in [0.15, 0.2) is 12.1 Å². The summed E-state index contributed by atoms with van der Waals surface area (Å²) in [6, 6.07) is 4.97. The molecule has 0 amide bonds. The summed E-state index contributed by atoms with van der Waals surface area (Å²) >= 11 is 0. The van der Waals surface area contributed by atoms with Crippen LogP contribution in [0, 0.1) is 23.7 Å². The molecule has 1 aliphatic heterocycles. The van der Waals surface area contributed by atoms with E-state index in [1.807, 2.05) is 13.8 Å². The summed E-state index contributed by atoms with van der Waals surface area (Å²) in [5.41, 5.74) is 1.22. The van der Waals surface area contributed by atoms with Crippen LogP contribution in [0.25, 0.3) is 0 Å². The fourth-order valence-electron chi connectivity index (χ4n) is 6.77. The van der Waals surface area contributed by atoms with Crippen molar-refractivity contribution in [3.8, 4) is 17.2 Å². The van der Waals surface area contributed by atoms with Crippen molar-refractivity contribution in [3.63, 3.8) is 0 Å². The van der Waals surface area contributed by atoms with Crippen LogP contribution >= 0.6 is 0 Å². The molecule has 1 saturated heterocycles. The van der Waals surface area contributed by atoms with Crippen molar-refractivity contribution in [2.75, 3.05) is 47.5 Å². The molecule has 0 N–H and O–H groups in total. The molecule has 5 unspecified atom stereocenters. The third-order valence-electron chi connectivity index (χ3n) is 7.81. The van der Waals surface area contributed by atoms with E-state index >= 15 is 0 Å². The molecule has 5 nitrogen and oxygen atoms in total. The van der Waals surface area contributed by atoms with Crippen LogP contribution < -0.4 is 14.2 Å². The van der Waals surface area contributed by atoms with E-state index in [0.717, 1.165) is 60.8 Å². The monoisotopic (exact) mass is 446 g/mol. The Morgan fingerprint density at radius 1 is 0.812 bits per heavy atom. The summed E-state index contributed by atoms with van der Waals surface area (Å²) in [6.07, 6.45) is 5.83. The quantitative estimate of drug-likeness (QED) is 0.591. The summed E-state index contributed by atoms with van der Waals surface area (Å²) < 4.78 is 16.5. The van der Waals surface area contributed by atoms with Crippen molar-refractivity contribution in [3.05, 3.63) is 17.7 Å². The van der Waals surface area contributed by atoms with Gasteiger partial charge in [0.2, 0.25) is 5.75 Å². The number of fused-ring (bicyclic) bond motifs is 2. The van der Waals surface area contributed by atoms with Crippen LogP contribution in [0.1, 0.15) is 58.9 Å². The first-order valence-electron chi connectivity index (χ1n) is 12.8. The van der Waals surface area contributed by atoms with E-state index in [4.69, 9.17) is 14.2 Å². The van der Waals surface area contributed by atoms with E-state index in [-0.39, 0.29) is 0 Å². The Hall–Kier alpha value is -1.46. The molecule has 0 aromatic heterocycles. The molecular weight excluding hydrogens is 400 g/mol. The van der Waals surface area contributed by atoms with Gasteiger partial charge in [0.15, 0.2) is 11.5 Å². The number of rotatable bonds is 6. The van der Waals surface area contributed by atoms with Crippen molar-refractivity contribution < 1.29 is 14.2 Å². The van der Waals surface area contributed by atoms with Crippen LogP contribution in [0.4, 0.5) is 0 Å². The fraction of sp³-hybridized carbons (Fsp3) is 0.778. The smallest absolute Gasteiger partial charge is 0.203 e. The first-order chi connectivity index (χ1) is 15.5. The van der Waals surface area contributed by atoms with E-state index in [1.165, 1.54) is 44.3 Å². The van der Waals surface area contributed by atoms with Gasteiger partial charge in [-0.05, 0) is 67.1 Å². The molecule has 2 aliphatic carbocycles. The minimum Gasteiger partial charge on any atom is -0.493 e. The van der Waals surface area contributed by atoms with Gasteiger partial charge in [0.25, 0.3) is 0 Å². The van der Waals surface area contributed by atoms with Crippen LogP contribution in [0.2, 0.25) is 0 Å². The summed E-state index contributed by atoms with van der Waals surface area (Å²) in [6.45, 7) is 14.6. The van der Waals surface area contributed by atoms with Gasteiger partial charge in [-0.15, -0.1) is 0 Å². The molecule has 0 radical (unpaired) electrons. The highest BCUT2D eigenvalue weighted by Gasteiger charge is 2.42. The largest absolute Gasteiger partial charge is 0.493 e. The first kappa shape index (κ1) is 25.2. The van der Waals surface area contributed by atoms with E-state index in [1.54, 1.807) is 21.3 Å². The maximum Gasteiger partial charge on any atom is 0.203 e. The molecule has 32 heavy (non-hydrogen) atoms. The average Bonchev–Trinajstić information content (AvgIpc) is 2.80. The lowest BCUT2D eigenvalue weighted by atomic mass is 9.62. The fourth-order valence-corrected chi connectivity index (χ4v) is 6.77. The molecular formula is C27H46N2O3. The summed E-state index contributed by atoms with van der Waals surface area (Å²) in [5.74, 6) is 5.83. The van der Waals surface area contributed by atoms with Gasteiger partial charge in [0.1, 0.15) is 0 Å². The molecule has 2 bridgehead atoms. The number of nitrogens with zero attached hydrogens (tertiary/aromatic N) is 2. The normalized spacial score (nSPS) is 30.8. The molecule has 2 saturated carbocycles. The molecule has 1 aromatic carbocycles. The highest BCUT2D eigenvalue weighted by molar-refractivity contribution is 5.53. The average molecular weight is 447 g/mol. The molecule has 0 spiro atoms. The second kappa shape index (κ2) is 11.6. The van der Waals surface area contributed by atoms with Gasteiger partial charge in [-0.1, -0.05) is 27.7 Å². The van der Waals surface area contributed by atoms with E-state index in [2.05, 4.69) is 35.8 Å². The van der Waals surface area contributed by atoms with Gasteiger partial charge in [0, 0.05) is 38.8 Å². The van der Waals surface area contributed by atoms with Gasteiger partial charge < -0.3 is 14.2 Å². The van der Waals surface area contributed by atoms with Crippen LogP contribution in [-0.2, 0) is 6.54 Å². The van der Waals surface area contributed by atoms with Crippen molar-refractivity contribution in [1.82, 2.24) is 9.80 Å². The Morgan fingerprint density at radius 2 is 1.44 bits per heavy atom. The molecule has 4 rings (SSSR count). The van der Waals surface area contributed by atoms with Crippen LogP contribution in [0.3, 0.4) is 0 Å². The predicted octanol–water partition coefficient (Wildman–Crippen LogP) is 5.32. The summed E-state index contributed by atoms with van der Waals surface area (Å²) in [5, 5.41) is 0. The van der Waals surface area contributed by atoms with Crippen molar-refractivity contribution in [1.29, 1.82) is 0 Å². The molecule has 1 aromatic rings. The minimum atomic E-state index is 0.667. The van der Waals surface area contributed by atoms with Crippen molar-refractivity contribution >= 4 is 0 Å². The zero-order valence-electron chi connectivity index (χ0n) is 21.5. The van der Waals surface area contributed by atoms with Gasteiger partial charge in [-0.25, -0.2) is 0 Å². The lowest BCUT2D eigenvalue weighted by molar-refractivity contribution is -0.0230. The standard InChI is InChI=1S/C25H40N2O3.C2H6/c1-17-10-19-12-18(2)24(21(11-17)13-19)27-8-6-26(7-9-27)16-20-14-22(28-3)25(30-5)23(15-20)29-4;1-2/h14-15,17-19,21,24H,6-13,16H2,1-5H3;1-2H3. The highest BCUT2D eigenvalue weighted by atomic mass is 16.5. The molecule has 1 heterocycles. The lowest BCUT2D eigenvalue weighted by Gasteiger charge is -2.52. The lowest BCUT2D eigenvalue weighted by Crippen LogP contribution is -2.56. The number of methoxy groups -OCH3 is 3. The zero-order chi connectivity index (χ0) is 23.3. The second-order valence-corrected chi connectivity index (χ2v) is 9.99. The van der Waals surface area contributed by atoms with Crippen molar-refractivity contribution in [2.24, 2.45) is 23.7 Å². The Morgan fingerprint density at radius 3 is 2.00 bits per heavy atom. The maximum atomic E-state index is 5.53.